The van der Waals surface area contributed by atoms with Gasteiger partial charge in [0.25, 0.3) is 11.8 Å². The highest BCUT2D eigenvalue weighted by Crippen LogP contribution is 2.46. The summed E-state index contributed by atoms with van der Waals surface area (Å²) in [7, 11) is 3.42. The molecule has 31 heavy (non-hydrogen) atoms. The van der Waals surface area contributed by atoms with Crippen LogP contribution in [0.15, 0.2) is 40.4 Å². The van der Waals surface area contributed by atoms with Gasteiger partial charge in [0.1, 0.15) is 0 Å². The van der Waals surface area contributed by atoms with Crippen LogP contribution in [0.2, 0.25) is 0 Å². The highest BCUT2D eigenvalue weighted by molar-refractivity contribution is 9.15. The monoisotopic (exact) mass is 709 g/mol. The van der Waals surface area contributed by atoms with Crippen LogP contribution in [-0.2, 0) is 4.79 Å². The van der Waals surface area contributed by atoms with E-state index < -0.39 is 11.8 Å². The molecule has 0 atom stereocenters. The molecule has 1 aromatic heterocycles. The van der Waals surface area contributed by atoms with Gasteiger partial charge in [0.2, 0.25) is 5.91 Å². The fourth-order valence-corrected chi connectivity index (χ4v) is 7.47. The number of aromatic nitrogens is 1. The number of thioether (sulfide) groups is 1. The molecule has 160 valence electrons. The molecule has 3 aromatic rings. The molecule has 0 saturated carbocycles. The number of thiazole rings is 1. The van der Waals surface area contributed by atoms with Gasteiger partial charge in [0.05, 0.1) is 32.8 Å². The van der Waals surface area contributed by atoms with Gasteiger partial charge in [-0.1, -0.05) is 11.8 Å². The molecule has 4 rings (SSSR count). The Morgan fingerprint density at radius 2 is 1.61 bits per heavy atom. The minimum atomic E-state index is -0.407. The van der Waals surface area contributed by atoms with Crippen molar-refractivity contribution < 1.29 is 14.4 Å². The van der Waals surface area contributed by atoms with Gasteiger partial charge in [-0.2, -0.15) is 0 Å². The first-order valence-electron chi connectivity index (χ1n) is 8.60. The minimum Gasteiger partial charge on any atom is -0.348 e. The molecule has 12 heteroatoms. The van der Waals surface area contributed by atoms with Crippen LogP contribution in [0, 0.1) is 0 Å². The quantitative estimate of drug-likeness (QED) is 0.137. The summed E-state index contributed by atoms with van der Waals surface area (Å²) in [6, 6.07) is 5.26. The maximum absolute atomic E-state index is 13.2. The van der Waals surface area contributed by atoms with Crippen LogP contribution < -0.4 is 4.90 Å². The zero-order valence-electron chi connectivity index (χ0n) is 15.8. The average Bonchev–Trinajstić information content (AvgIpc) is 3.25. The van der Waals surface area contributed by atoms with E-state index in [9.17, 15) is 14.4 Å². The largest absolute Gasteiger partial charge is 0.348 e. The molecular formula is C19H11Br4N3O3S2. The van der Waals surface area contributed by atoms with Crippen molar-refractivity contribution in [3.8, 4) is 0 Å². The Bertz CT molecular complexity index is 1250. The first-order chi connectivity index (χ1) is 14.6. The molecule has 6 nitrogen and oxygen atoms in total. The second-order valence-electron chi connectivity index (χ2n) is 6.66. The summed E-state index contributed by atoms with van der Waals surface area (Å²) >= 11 is 16.5. The first-order valence-corrected chi connectivity index (χ1v) is 13.6. The van der Waals surface area contributed by atoms with E-state index in [1.807, 2.05) is 0 Å². The number of benzene rings is 2. The van der Waals surface area contributed by atoms with E-state index in [-0.39, 0.29) is 5.91 Å². The number of fused-ring (bicyclic) bond motifs is 2. The zero-order valence-corrected chi connectivity index (χ0v) is 23.8. The maximum atomic E-state index is 13.2. The predicted octanol–water partition coefficient (Wildman–Crippen LogP) is 6.33. The highest BCUT2D eigenvalue weighted by Gasteiger charge is 2.42. The number of hydrogen-bond acceptors (Lipinski definition) is 6. The van der Waals surface area contributed by atoms with Crippen molar-refractivity contribution in [1.82, 2.24) is 9.88 Å². The molecule has 0 unspecified atom stereocenters. The summed E-state index contributed by atoms with van der Waals surface area (Å²) in [6.07, 6.45) is 0. The summed E-state index contributed by atoms with van der Waals surface area (Å²) in [4.78, 5) is 45.4. The lowest BCUT2D eigenvalue weighted by Crippen LogP contribution is -2.29. The molecule has 0 N–H and O–H groups in total. The zero-order chi connectivity index (χ0) is 22.6. The lowest BCUT2D eigenvalue weighted by atomic mass is 10.1. The smallest absolute Gasteiger partial charge is 0.267 e. The number of nitrogens with zero attached hydrogens (tertiary/aromatic N) is 3. The fourth-order valence-electron chi connectivity index (χ4n) is 2.93. The number of anilines is 1. The normalized spacial score (nSPS) is 13.3. The third-order valence-corrected chi connectivity index (χ3v) is 11.4. The SMILES string of the molecule is CN(C)C(=O)CSc1nc2ccc(N3C(=O)c4c(Br)c(Br)c(Br)c(Br)c4C3=O)cc2s1. The van der Waals surface area contributed by atoms with Crippen molar-refractivity contribution in [2.45, 2.75) is 4.34 Å². The molecule has 0 spiro atoms. The molecule has 3 amide bonds. The molecule has 0 fully saturated rings. The van der Waals surface area contributed by atoms with Crippen LogP contribution in [-0.4, -0.2) is 47.5 Å². The number of carbonyl (C=O) groups is 3. The summed E-state index contributed by atoms with van der Waals surface area (Å²) in [5, 5.41) is 0. The summed E-state index contributed by atoms with van der Waals surface area (Å²) in [5.74, 6) is -0.514. The number of amides is 3. The predicted molar refractivity (Wildman–Crippen MR) is 137 cm³/mol. The van der Waals surface area contributed by atoms with Gasteiger partial charge in [-0.25, -0.2) is 9.88 Å². The number of carbonyl (C=O) groups excluding carboxylic acids is 3. The van der Waals surface area contributed by atoms with Crippen molar-refractivity contribution in [1.29, 1.82) is 0 Å². The Hall–Kier alpha value is -0.790. The Balaban J connectivity index is 1.70. The van der Waals surface area contributed by atoms with Crippen LogP contribution >= 0.6 is 86.8 Å². The van der Waals surface area contributed by atoms with Crippen LogP contribution in [0.1, 0.15) is 20.7 Å². The minimum absolute atomic E-state index is 0.00412. The van der Waals surface area contributed by atoms with Gasteiger partial charge in [0.15, 0.2) is 4.34 Å². The van der Waals surface area contributed by atoms with Crippen LogP contribution in [0.25, 0.3) is 10.2 Å². The second-order valence-corrected chi connectivity index (χ2v) is 12.1. The number of halogens is 4. The van der Waals surface area contributed by atoms with Crippen molar-refractivity contribution in [2.75, 3.05) is 24.7 Å². The first kappa shape index (κ1) is 23.4. The third-order valence-electron chi connectivity index (χ3n) is 4.53. The summed E-state index contributed by atoms with van der Waals surface area (Å²) in [6.45, 7) is 0. The molecule has 2 heterocycles. The molecule has 1 aliphatic rings. The van der Waals surface area contributed by atoms with E-state index in [1.54, 1.807) is 32.3 Å². The van der Waals surface area contributed by atoms with Gasteiger partial charge in [-0.05, 0) is 81.9 Å². The third kappa shape index (κ3) is 4.04. The fraction of sp³-hybridized carbons (Fsp3) is 0.158. The van der Waals surface area contributed by atoms with Gasteiger partial charge in [-0.15, -0.1) is 11.3 Å². The van der Waals surface area contributed by atoms with E-state index in [2.05, 4.69) is 68.7 Å². The van der Waals surface area contributed by atoms with Crippen LogP contribution in [0.4, 0.5) is 5.69 Å². The number of hydrogen-bond donors (Lipinski definition) is 0. The molecule has 0 aliphatic carbocycles. The number of rotatable bonds is 4. The van der Waals surface area contributed by atoms with E-state index in [1.165, 1.54) is 32.9 Å². The van der Waals surface area contributed by atoms with Crippen molar-refractivity contribution in [2.24, 2.45) is 0 Å². The molecule has 0 bridgehead atoms. The van der Waals surface area contributed by atoms with E-state index in [0.717, 1.165) is 14.6 Å². The van der Waals surface area contributed by atoms with E-state index >= 15 is 0 Å². The average molecular weight is 713 g/mol. The summed E-state index contributed by atoms with van der Waals surface area (Å²) < 4.78 is 3.90. The van der Waals surface area contributed by atoms with Crippen LogP contribution in [0.5, 0.6) is 0 Å². The lowest BCUT2D eigenvalue weighted by molar-refractivity contribution is -0.125. The van der Waals surface area contributed by atoms with Gasteiger partial charge >= 0.3 is 0 Å². The highest BCUT2D eigenvalue weighted by atomic mass is 79.9. The number of imide groups is 1. The Morgan fingerprint density at radius 3 is 2.16 bits per heavy atom. The van der Waals surface area contributed by atoms with Crippen molar-refractivity contribution in [3.05, 3.63) is 47.2 Å². The Kier molecular flexibility index (Phi) is 6.68. The van der Waals surface area contributed by atoms with Gasteiger partial charge in [0, 0.05) is 32.0 Å². The lowest BCUT2D eigenvalue weighted by Gasteiger charge is -2.13. The standard InChI is InChI=1S/C19H11Br4N3O3S2/c1-25(2)10(27)6-30-19-24-8-4-3-7(5-9(8)31-19)26-17(28)11-12(18(26)29)14(21)16(23)15(22)13(11)20/h3-5H,6H2,1-2H3. The van der Waals surface area contributed by atoms with Crippen LogP contribution in [0.3, 0.4) is 0 Å². The second kappa shape index (κ2) is 8.86. The van der Waals surface area contributed by atoms with Crippen molar-refractivity contribution >= 4 is 120 Å². The van der Waals surface area contributed by atoms with Gasteiger partial charge in [-0.3, -0.25) is 14.4 Å². The molecule has 0 radical (unpaired) electrons. The Labute approximate surface area is 219 Å². The maximum Gasteiger partial charge on any atom is 0.267 e. The van der Waals surface area contributed by atoms with Crippen molar-refractivity contribution in [3.63, 3.8) is 0 Å². The molecule has 2 aromatic carbocycles. The molecular weight excluding hydrogens is 702 g/mol. The van der Waals surface area contributed by atoms with Gasteiger partial charge < -0.3 is 4.90 Å². The Morgan fingerprint density at radius 1 is 1.03 bits per heavy atom. The molecule has 0 saturated heterocycles. The summed E-state index contributed by atoms with van der Waals surface area (Å²) in [5.41, 5.74) is 1.82. The topological polar surface area (TPSA) is 70.6 Å². The van der Waals surface area contributed by atoms with E-state index in [0.29, 0.717) is 40.5 Å². The molecule has 1 aliphatic heterocycles. The van der Waals surface area contributed by atoms with E-state index in [4.69, 9.17) is 0 Å².